The molecule has 10 heteroatoms. The number of non-ortho nitro benzene ring substituents is 1. The summed E-state index contributed by atoms with van der Waals surface area (Å²) in [6, 6.07) is 12.8. The molecule has 0 spiro atoms. The SMILES string of the molecule is COc1ccc(-c2nc(SC)[nH]c(=O)c2C#N)cc1COc1ccc([N+](=O)[O-])cc1. The molecule has 0 atom stereocenters. The quantitative estimate of drug-likeness (QED) is 0.264. The Bertz CT molecular complexity index is 1190. The van der Waals surface area contributed by atoms with E-state index in [2.05, 4.69) is 9.97 Å². The van der Waals surface area contributed by atoms with E-state index in [1.54, 1.807) is 24.5 Å². The van der Waals surface area contributed by atoms with Crippen LogP contribution in [0.5, 0.6) is 11.5 Å². The van der Waals surface area contributed by atoms with Crippen LogP contribution in [0.25, 0.3) is 11.3 Å². The second kappa shape index (κ2) is 9.11. The Labute approximate surface area is 175 Å². The van der Waals surface area contributed by atoms with E-state index >= 15 is 0 Å². The van der Waals surface area contributed by atoms with Crippen molar-refractivity contribution in [2.24, 2.45) is 0 Å². The lowest BCUT2D eigenvalue weighted by Gasteiger charge is -2.13. The molecule has 0 radical (unpaired) electrons. The largest absolute Gasteiger partial charge is 0.496 e. The molecule has 2 aromatic carbocycles. The zero-order valence-electron chi connectivity index (χ0n) is 16.0. The number of hydrogen-bond donors (Lipinski definition) is 1. The summed E-state index contributed by atoms with van der Waals surface area (Å²) in [6.45, 7) is 0.106. The topological polar surface area (TPSA) is 131 Å². The Morgan fingerprint density at radius 1 is 1.27 bits per heavy atom. The number of thioether (sulfide) groups is 1. The Kier molecular flexibility index (Phi) is 6.34. The van der Waals surface area contributed by atoms with Crippen LogP contribution in [-0.4, -0.2) is 28.3 Å². The molecule has 152 valence electrons. The number of aromatic amines is 1. The number of nitrogens with zero attached hydrogens (tertiary/aromatic N) is 3. The second-order valence-corrected chi connectivity index (χ2v) is 6.77. The minimum Gasteiger partial charge on any atom is -0.496 e. The van der Waals surface area contributed by atoms with Crippen LogP contribution in [0.2, 0.25) is 0 Å². The smallest absolute Gasteiger partial charge is 0.270 e. The fraction of sp³-hybridized carbons (Fsp3) is 0.150. The van der Waals surface area contributed by atoms with Crippen LogP contribution in [0.1, 0.15) is 11.1 Å². The van der Waals surface area contributed by atoms with Crippen molar-refractivity contribution in [3.63, 3.8) is 0 Å². The molecule has 0 unspecified atom stereocenters. The van der Waals surface area contributed by atoms with E-state index in [4.69, 9.17) is 9.47 Å². The van der Waals surface area contributed by atoms with Crippen molar-refractivity contribution < 1.29 is 14.4 Å². The van der Waals surface area contributed by atoms with Gasteiger partial charge in [-0.25, -0.2) is 4.98 Å². The first-order valence-corrected chi connectivity index (χ1v) is 9.82. The zero-order chi connectivity index (χ0) is 21.7. The first-order valence-electron chi connectivity index (χ1n) is 8.59. The lowest BCUT2D eigenvalue weighted by Crippen LogP contribution is -2.14. The van der Waals surface area contributed by atoms with Crippen LogP contribution >= 0.6 is 11.8 Å². The normalized spacial score (nSPS) is 10.3. The predicted molar refractivity (Wildman–Crippen MR) is 111 cm³/mol. The van der Waals surface area contributed by atoms with E-state index in [1.807, 2.05) is 6.07 Å². The van der Waals surface area contributed by atoms with E-state index in [9.17, 15) is 20.2 Å². The number of benzene rings is 2. The number of nitrogens with one attached hydrogen (secondary N) is 1. The number of aromatic nitrogens is 2. The third kappa shape index (κ3) is 4.42. The highest BCUT2D eigenvalue weighted by Crippen LogP contribution is 2.29. The highest BCUT2D eigenvalue weighted by molar-refractivity contribution is 7.98. The second-order valence-electron chi connectivity index (χ2n) is 5.98. The number of rotatable bonds is 7. The summed E-state index contributed by atoms with van der Waals surface area (Å²) in [5, 5.41) is 20.6. The number of methoxy groups -OCH3 is 1. The molecule has 0 aliphatic heterocycles. The molecule has 0 bridgehead atoms. The van der Waals surface area contributed by atoms with Gasteiger partial charge in [-0.15, -0.1) is 0 Å². The van der Waals surface area contributed by atoms with E-state index < -0.39 is 10.5 Å². The van der Waals surface area contributed by atoms with Gasteiger partial charge < -0.3 is 14.5 Å². The summed E-state index contributed by atoms with van der Waals surface area (Å²) in [4.78, 5) is 29.4. The summed E-state index contributed by atoms with van der Waals surface area (Å²) in [5.41, 5.74) is 0.869. The average molecular weight is 424 g/mol. The maximum atomic E-state index is 12.2. The van der Waals surface area contributed by atoms with Gasteiger partial charge in [0.05, 0.1) is 17.7 Å². The molecule has 0 fully saturated rings. The molecule has 1 heterocycles. The molecule has 3 rings (SSSR count). The highest BCUT2D eigenvalue weighted by Gasteiger charge is 2.15. The maximum Gasteiger partial charge on any atom is 0.270 e. The molecule has 3 aromatic rings. The Morgan fingerprint density at radius 2 is 2.00 bits per heavy atom. The first-order chi connectivity index (χ1) is 14.5. The molecule has 0 amide bonds. The minimum absolute atomic E-state index is 0.0315. The van der Waals surface area contributed by atoms with E-state index in [0.29, 0.717) is 27.8 Å². The molecular formula is C20H16N4O5S. The number of nitro groups is 1. The van der Waals surface area contributed by atoms with Gasteiger partial charge in [-0.3, -0.25) is 14.9 Å². The molecule has 1 N–H and O–H groups in total. The van der Waals surface area contributed by atoms with Gasteiger partial charge >= 0.3 is 0 Å². The van der Waals surface area contributed by atoms with Crippen LogP contribution in [0.3, 0.4) is 0 Å². The third-order valence-electron chi connectivity index (χ3n) is 4.20. The lowest BCUT2D eigenvalue weighted by molar-refractivity contribution is -0.384. The van der Waals surface area contributed by atoms with Crippen molar-refractivity contribution in [2.45, 2.75) is 11.8 Å². The van der Waals surface area contributed by atoms with Crippen molar-refractivity contribution in [3.8, 4) is 28.8 Å². The van der Waals surface area contributed by atoms with Crippen LogP contribution in [-0.2, 0) is 6.61 Å². The number of nitriles is 1. The highest BCUT2D eigenvalue weighted by atomic mass is 32.2. The van der Waals surface area contributed by atoms with E-state index in [-0.39, 0.29) is 23.6 Å². The van der Waals surface area contributed by atoms with Gasteiger partial charge in [0.15, 0.2) is 5.16 Å². The van der Waals surface area contributed by atoms with Crippen molar-refractivity contribution >= 4 is 17.4 Å². The lowest BCUT2D eigenvalue weighted by atomic mass is 10.0. The van der Waals surface area contributed by atoms with Crippen LogP contribution in [0, 0.1) is 21.4 Å². The molecule has 0 aliphatic carbocycles. The van der Waals surface area contributed by atoms with Crippen LogP contribution < -0.4 is 15.0 Å². The third-order valence-corrected chi connectivity index (χ3v) is 4.78. The number of nitro benzene ring substituents is 1. The fourth-order valence-electron chi connectivity index (χ4n) is 2.73. The monoisotopic (exact) mass is 424 g/mol. The van der Waals surface area contributed by atoms with Gasteiger partial charge in [0.25, 0.3) is 11.2 Å². The molecule has 0 saturated carbocycles. The zero-order valence-corrected chi connectivity index (χ0v) is 16.9. The molecule has 30 heavy (non-hydrogen) atoms. The van der Waals surface area contributed by atoms with Crippen molar-refractivity contribution in [1.82, 2.24) is 9.97 Å². The average Bonchev–Trinajstić information content (AvgIpc) is 2.77. The van der Waals surface area contributed by atoms with Gasteiger partial charge in [-0.05, 0) is 36.6 Å². The summed E-state index contributed by atoms with van der Waals surface area (Å²) >= 11 is 1.26. The van der Waals surface area contributed by atoms with Gasteiger partial charge in [0.2, 0.25) is 0 Å². The van der Waals surface area contributed by atoms with E-state index in [0.717, 1.165) is 0 Å². The van der Waals surface area contributed by atoms with Gasteiger partial charge in [0, 0.05) is 23.3 Å². The standard InChI is InChI=1S/C20H16N4O5S/c1-28-17-8-3-12(18-16(10-21)19(25)23-20(22-18)30-2)9-13(17)11-29-15-6-4-14(5-7-15)24(26)27/h3-9H,11H2,1-2H3,(H,22,23,25). The van der Waals surface area contributed by atoms with Crippen LogP contribution in [0.15, 0.2) is 52.4 Å². The van der Waals surface area contributed by atoms with Crippen molar-refractivity contribution in [1.29, 1.82) is 5.26 Å². The predicted octanol–water partition coefficient (Wildman–Crippen LogP) is 3.53. The number of ether oxygens (including phenoxy) is 2. The molecule has 1 aromatic heterocycles. The summed E-state index contributed by atoms with van der Waals surface area (Å²) in [5.74, 6) is 0.999. The molecule has 9 nitrogen and oxygen atoms in total. The van der Waals surface area contributed by atoms with Crippen molar-refractivity contribution in [3.05, 3.63) is 74.1 Å². The molecule has 0 aliphatic rings. The van der Waals surface area contributed by atoms with Gasteiger partial charge in [-0.1, -0.05) is 11.8 Å². The number of H-pyrrole nitrogens is 1. The molecule has 0 saturated heterocycles. The Balaban J connectivity index is 1.95. The minimum atomic E-state index is -0.508. The Morgan fingerprint density at radius 3 is 2.60 bits per heavy atom. The van der Waals surface area contributed by atoms with Gasteiger partial charge in [0.1, 0.15) is 29.7 Å². The first kappa shape index (κ1) is 20.9. The maximum absolute atomic E-state index is 12.2. The van der Waals surface area contributed by atoms with Gasteiger partial charge in [-0.2, -0.15) is 5.26 Å². The number of hydrogen-bond acceptors (Lipinski definition) is 8. The Hall–Kier alpha value is -3.84. The summed E-state index contributed by atoms with van der Waals surface area (Å²) in [7, 11) is 1.52. The summed E-state index contributed by atoms with van der Waals surface area (Å²) in [6.07, 6.45) is 1.77. The molecular weight excluding hydrogens is 408 g/mol. The summed E-state index contributed by atoms with van der Waals surface area (Å²) < 4.78 is 11.1. The van der Waals surface area contributed by atoms with Crippen molar-refractivity contribution in [2.75, 3.05) is 13.4 Å². The van der Waals surface area contributed by atoms with Crippen LogP contribution in [0.4, 0.5) is 5.69 Å². The fourth-order valence-corrected chi connectivity index (χ4v) is 3.10. The van der Waals surface area contributed by atoms with E-state index in [1.165, 1.54) is 43.1 Å².